The number of carbonyl (C=O) groups excluding carboxylic acids is 3. The maximum Gasteiger partial charge on any atom is 0.398 e. The van der Waals surface area contributed by atoms with Gasteiger partial charge in [0.05, 0.1) is 12.9 Å². The molecule has 9 nitrogen and oxygen atoms in total. The number of rotatable bonds is 3. The Morgan fingerprint density at radius 3 is 2.76 bits per heavy atom. The van der Waals surface area contributed by atoms with Gasteiger partial charge in [0.25, 0.3) is 5.91 Å². The third-order valence-corrected chi connectivity index (χ3v) is 2.26. The molecule has 0 spiro atoms. The van der Waals surface area contributed by atoms with Gasteiger partial charge in [0.2, 0.25) is 5.76 Å². The number of hydrogen-bond acceptors (Lipinski definition) is 7. The second kappa shape index (κ2) is 6.37. The average Bonchev–Trinajstić information content (AvgIpc) is 3.14. The van der Waals surface area contributed by atoms with E-state index in [1.165, 1.54) is 12.3 Å². The van der Waals surface area contributed by atoms with E-state index in [4.69, 9.17) is 8.94 Å². The van der Waals surface area contributed by atoms with E-state index in [0.29, 0.717) is 5.76 Å². The molecule has 0 aliphatic heterocycles. The third-order valence-electron chi connectivity index (χ3n) is 2.26. The summed E-state index contributed by atoms with van der Waals surface area (Å²) < 4.78 is 14.4. The maximum absolute atomic E-state index is 11.7. The van der Waals surface area contributed by atoms with E-state index in [-0.39, 0.29) is 18.1 Å². The number of furan rings is 1. The molecule has 110 valence electrons. The minimum atomic E-state index is -1.10. The first-order valence-electron chi connectivity index (χ1n) is 5.90. The van der Waals surface area contributed by atoms with Gasteiger partial charge in [0.1, 0.15) is 0 Å². The molecule has 21 heavy (non-hydrogen) atoms. The Bertz CT molecular complexity index is 646. The van der Waals surface area contributed by atoms with E-state index in [1.807, 2.05) is 10.9 Å². The zero-order valence-corrected chi connectivity index (χ0v) is 10.9. The normalized spacial score (nSPS) is 9.95. The van der Waals surface area contributed by atoms with Crippen LogP contribution in [0.4, 0.5) is 0 Å². The van der Waals surface area contributed by atoms with Crippen LogP contribution in [0.2, 0.25) is 0 Å². The van der Waals surface area contributed by atoms with Crippen molar-refractivity contribution >= 4 is 17.8 Å². The van der Waals surface area contributed by atoms with Crippen molar-refractivity contribution in [3.63, 3.8) is 0 Å². The molecule has 0 aliphatic rings. The van der Waals surface area contributed by atoms with Gasteiger partial charge in [-0.25, -0.2) is 4.79 Å². The SMILES string of the molecule is CCOC(=O)C(=O)NNC(=O)c1cc(-c2ccco2)on1. The molecule has 0 fully saturated rings. The van der Waals surface area contributed by atoms with Gasteiger partial charge in [-0.05, 0) is 19.1 Å². The fourth-order valence-electron chi connectivity index (χ4n) is 1.34. The van der Waals surface area contributed by atoms with E-state index >= 15 is 0 Å². The zero-order valence-electron chi connectivity index (χ0n) is 10.9. The van der Waals surface area contributed by atoms with Crippen LogP contribution < -0.4 is 10.9 Å². The first-order valence-corrected chi connectivity index (χ1v) is 5.90. The lowest BCUT2D eigenvalue weighted by Gasteiger charge is -2.04. The highest BCUT2D eigenvalue weighted by atomic mass is 16.5. The fourth-order valence-corrected chi connectivity index (χ4v) is 1.34. The summed E-state index contributed by atoms with van der Waals surface area (Å²) in [6, 6.07) is 4.60. The molecule has 2 N–H and O–H groups in total. The molecule has 2 rings (SSSR count). The minimum Gasteiger partial charge on any atom is -0.461 e. The first kappa shape index (κ1) is 14.3. The number of nitrogens with zero attached hydrogens (tertiary/aromatic N) is 1. The number of nitrogens with one attached hydrogen (secondary N) is 2. The molecule has 0 aliphatic carbocycles. The minimum absolute atomic E-state index is 0.0516. The van der Waals surface area contributed by atoms with Gasteiger partial charge in [-0.15, -0.1) is 0 Å². The lowest BCUT2D eigenvalue weighted by Crippen LogP contribution is -2.45. The number of hydrazine groups is 1. The van der Waals surface area contributed by atoms with Gasteiger partial charge < -0.3 is 13.7 Å². The zero-order chi connectivity index (χ0) is 15.2. The van der Waals surface area contributed by atoms with E-state index in [9.17, 15) is 14.4 Å². The van der Waals surface area contributed by atoms with E-state index in [0.717, 1.165) is 0 Å². The van der Waals surface area contributed by atoms with Crippen molar-refractivity contribution in [2.24, 2.45) is 0 Å². The highest BCUT2D eigenvalue weighted by Gasteiger charge is 2.18. The first-order chi connectivity index (χ1) is 10.1. The lowest BCUT2D eigenvalue weighted by atomic mass is 10.3. The van der Waals surface area contributed by atoms with Crippen LogP contribution in [-0.2, 0) is 14.3 Å². The van der Waals surface area contributed by atoms with Crippen molar-refractivity contribution in [3.8, 4) is 11.5 Å². The summed E-state index contributed by atoms with van der Waals surface area (Å²) in [5.41, 5.74) is 3.80. The Labute approximate surface area is 118 Å². The van der Waals surface area contributed by atoms with Gasteiger partial charge in [-0.1, -0.05) is 5.16 Å². The quantitative estimate of drug-likeness (QED) is 0.472. The smallest absolute Gasteiger partial charge is 0.398 e. The molecule has 0 atom stereocenters. The number of amides is 2. The van der Waals surface area contributed by atoms with Crippen LogP contribution in [0, 0.1) is 0 Å². The predicted octanol–water partition coefficient (Wildman–Crippen LogP) is 0.259. The van der Waals surface area contributed by atoms with Crippen molar-refractivity contribution in [3.05, 3.63) is 30.2 Å². The van der Waals surface area contributed by atoms with Gasteiger partial charge in [0, 0.05) is 6.07 Å². The predicted molar refractivity (Wildman–Crippen MR) is 66.4 cm³/mol. The topological polar surface area (TPSA) is 124 Å². The molecule has 2 aromatic rings. The van der Waals surface area contributed by atoms with Crippen molar-refractivity contribution < 1.29 is 28.1 Å². The molecule has 9 heteroatoms. The summed E-state index contributed by atoms with van der Waals surface area (Å²) in [4.78, 5) is 33.9. The molecule has 0 radical (unpaired) electrons. The number of ether oxygens (including phenoxy) is 1. The van der Waals surface area contributed by atoms with E-state index in [1.54, 1.807) is 19.1 Å². The van der Waals surface area contributed by atoms with Crippen LogP contribution >= 0.6 is 0 Å². The van der Waals surface area contributed by atoms with Crippen LogP contribution in [-0.4, -0.2) is 29.5 Å². The van der Waals surface area contributed by atoms with Crippen molar-refractivity contribution in [1.29, 1.82) is 0 Å². The van der Waals surface area contributed by atoms with Crippen LogP contribution in [0.3, 0.4) is 0 Å². The van der Waals surface area contributed by atoms with Crippen molar-refractivity contribution in [2.45, 2.75) is 6.92 Å². The number of esters is 1. The lowest BCUT2D eigenvalue weighted by molar-refractivity contribution is -0.154. The summed E-state index contributed by atoms with van der Waals surface area (Å²) in [7, 11) is 0. The van der Waals surface area contributed by atoms with Crippen LogP contribution in [0.15, 0.2) is 33.4 Å². The fraction of sp³-hybridized carbons (Fsp3) is 0.167. The van der Waals surface area contributed by atoms with Crippen LogP contribution in [0.5, 0.6) is 0 Å². The third kappa shape index (κ3) is 3.47. The summed E-state index contributed by atoms with van der Waals surface area (Å²) in [6.45, 7) is 1.60. The average molecular weight is 293 g/mol. The van der Waals surface area contributed by atoms with E-state index in [2.05, 4.69) is 9.89 Å². The molecule has 0 bridgehead atoms. The summed E-state index contributed by atoms with van der Waals surface area (Å²) >= 11 is 0. The van der Waals surface area contributed by atoms with Crippen LogP contribution in [0.25, 0.3) is 11.5 Å². The largest absolute Gasteiger partial charge is 0.461 e. The maximum atomic E-state index is 11.7. The Balaban J connectivity index is 1.92. The Kier molecular flexibility index (Phi) is 4.34. The molecule has 0 saturated heterocycles. The second-order valence-electron chi connectivity index (χ2n) is 3.68. The second-order valence-corrected chi connectivity index (χ2v) is 3.68. The molecular formula is C12H11N3O6. The van der Waals surface area contributed by atoms with Crippen LogP contribution in [0.1, 0.15) is 17.4 Å². The van der Waals surface area contributed by atoms with Gasteiger partial charge >= 0.3 is 11.9 Å². The van der Waals surface area contributed by atoms with Gasteiger partial charge in [-0.3, -0.25) is 20.4 Å². The summed E-state index contributed by atoms with van der Waals surface area (Å²) in [6.07, 6.45) is 1.44. The molecule has 2 aromatic heterocycles. The standard InChI is InChI=1S/C12H11N3O6/c1-2-19-12(18)11(17)14-13-10(16)7-6-9(21-15-7)8-4-3-5-20-8/h3-6H,2H2,1H3,(H,13,16)(H,14,17). The molecule has 2 amide bonds. The van der Waals surface area contributed by atoms with Gasteiger partial charge in [0.15, 0.2) is 11.5 Å². The van der Waals surface area contributed by atoms with E-state index < -0.39 is 17.8 Å². The Morgan fingerprint density at radius 1 is 1.29 bits per heavy atom. The molecule has 0 aromatic carbocycles. The highest BCUT2D eigenvalue weighted by Crippen LogP contribution is 2.20. The highest BCUT2D eigenvalue weighted by molar-refractivity contribution is 6.32. The van der Waals surface area contributed by atoms with Crippen molar-refractivity contribution in [1.82, 2.24) is 16.0 Å². The Morgan fingerprint density at radius 2 is 2.10 bits per heavy atom. The summed E-state index contributed by atoms with van der Waals surface area (Å²) in [5, 5.41) is 3.52. The molecule has 2 heterocycles. The van der Waals surface area contributed by atoms with Gasteiger partial charge in [-0.2, -0.15) is 0 Å². The Hall–Kier alpha value is -3.10. The number of carbonyl (C=O) groups is 3. The van der Waals surface area contributed by atoms with Crippen molar-refractivity contribution in [2.75, 3.05) is 6.61 Å². The number of aromatic nitrogens is 1. The summed E-state index contributed by atoms with van der Waals surface area (Å²) in [5.74, 6) is -2.30. The molecule has 0 saturated carbocycles. The number of hydrogen-bond donors (Lipinski definition) is 2. The molecular weight excluding hydrogens is 282 g/mol. The monoisotopic (exact) mass is 293 g/mol. The molecule has 0 unspecified atom stereocenters.